The largest absolute Gasteiger partial charge is 0.357 e. The number of para-hydroxylation sites is 2. The number of aromatic nitrogens is 1. The van der Waals surface area contributed by atoms with Gasteiger partial charge in [0.1, 0.15) is 0 Å². The van der Waals surface area contributed by atoms with Gasteiger partial charge < -0.3 is 10.3 Å². The summed E-state index contributed by atoms with van der Waals surface area (Å²) in [6, 6.07) is 18.7. The highest BCUT2D eigenvalue weighted by molar-refractivity contribution is 6.06. The van der Waals surface area contributed by atoms with E-state index in [0.717, 1.165) is 38.2 Å². The number of nitrogens with zero attached hydrogens (tertiary/aromatic N) is 1. The van der Waals surface area contributed by atoms with Crippen LogP contribution in [0.2, 0.25) is 0 Å². The van der Waals surface area contributed by atoms with E-state index in [1.807, 2.05) is 18.2 Å². The van der Waals surface area contributed by atoms with Crippen LogP contribution in [0.5, 0.6) is 0 Å². The summed E-state index contributed by atoms with van der Waals surface area (Å²) < 4.78 is 0. The zero-order chi connectivity index (χ0) is 16.9. The van der Waals surface area contributed by atoms with Gasteiger partial charge >= 0.3 is 0 Å². The number of carbonyl (C=O) groups is 1. The molecule has 0 aliphatic carbocycles. The Hall–Kier alpha value is -2.59. The van der Waals surface area contributed by atoms with Crippen LogP contribution >= 0.6 is 0 Å². The first kappa shape index (κ1) is 14.7. The lowest BCUT2D eigenvalue weighted by Gasteiger charge is -2.38. The van der Waals surface area contributed by atoms with Crippen molar-refractivity contribution in [1.82, 2.24) is 9.88 Å². The molecule has 1 spiro atoms. The van der Waals surface area contributed by atoms with Crippen LogP contribution in [-0.4, -0.2) is 28.9 Å². The molecule has 0 bridgehead atoms. The van der Waals surface area contributed by atoms with E-state index in [1.54, 1.807) is 0 Å². The number of hydrogen-bond acceptors (Lipinski definition) is 2. The molecular weight excluding hydrogens is 310 g/mol. The third-order valence-electron chi connectivity index (χ3n) is 5.68. The second-order valence-corrected chi connectivity index (χ2v) is 7.28. The van der Waals surface area contributed by atoms with Crippen molar-refractivity contribution in [2.24, 2.45) is 0 Å². The maximum absolute atomic E-state index is 12.8. The van der Waals surface area contributed by atoms with Crippen LogP contribution in [0.3, 0.4) is 0 Å². The maximum atomic E-state index is 12.8. The molecule has 4 heteroatoms. The maximum Gasteiger partial charge on any atom is 0.236 e. The van der Waals surface area contributed by atoms with Gasteiger partial charge in [-0.15, -0.1) is 0 Å². The Morgan fingerprint density at radius 3 is 2.84 bits per heavy atom. The molecule has 0 radical (unpaired) electrons. The van der Waals surface area contributed by atoms with E-state index in [-0.39, 0.29) is 11.3 Å². The monoisotopic (exact) mass is 331 g/mol. The van der Waals surface area contributed by atoms with E-state index in [1.165, 1.54) is 22.2 Å². The number of anilines is 1. The summed E-state index contributed by atoms with van der Waals surface area (Å²) in [6.45, 7) is 2.67. The van der Waals surface area contributed by atoms with Crippen molar-refractivity contribution in [3.63, 3.8) is 0 Å². The number of benzene rings is 2. The zero-order valence-electron chi connectivity index (χ0n) is 14.1. The van der Waals surface area contributed by atoms with E-state index >= 15 is 0 Å². The first-order chi connectivity index (χ1) is 12.2. The fourth-order valence-corrected chi connectivity index (χ4v) is 4.52. The number of rotatable bonds is 2. The van der Waals surface area contributed by atoms with Crippen LogP contribution in [-0.2, 0) is 16.8 Å². The summed E-state index contributed by atoms with van der Waals surface area (Å²) in [5, 5.41) is 4.33. The lowest BCUT2D eigenvalue weighted by atomic mass is 9.75. The minimum absolute atomic E-state index is 0.162. The van der Waals surface area contributed by atoms with Crippen molar-refractivity contribution in [2.75, 3.05) is 18.4 Å². The summed E-state index contributed by atoms with van der Waals surface area (Å²) in [4.78, 5) is 18.7. The molecule has 1 aromatic heterocycles. The molecule has 3 heterocycles. The van der Waals surface area contributed by atoms with Crippen molar-refractivity contribution in [3.8, 4) is 0 Å². The summed E-state index contributed by atoms with van der Waals surface area (Å²) in [7, 11) is 0. The van der Waals surface area contributed by atoms with E-state index in [4.69, 9.17) is 0 Å². The van der Waals surface area contributed by atoms with Gasteiger partial charge in [-0.1, -0.05) is 36.4 Å². The molecule has 2 N–H and O–H groups in total. The fourth-order valence-electron chi connectivity index (χ4n) is 4.52. The quantitative estimate of drug-likeness (QED) is 0.753. The van der Waals surface area contributed by atoms with Crippen LogP contribution in [0.4, 0.5) is 5.69 Å². The van der Waals surface area contributed by atoms with Crippen molar-refractivity contribution < 1.29 is 4.79 Å². The zero-order valence-corrected chi connectivity index (χ0v) is 14.1. The van der Waals surface area contributed by atoms with Gasteiger partial charge in [0, 0.05) is 30.0 Å². The Morgan fingerprint density at radius 1 is 1.08 bits per heavy atom. The van der Waals surface area contributed by atoms with Crippen LogP contribution < -0.4 is 5.32 Å². The van der Waals surface area contributed by atoms with Crippen molar-refractivity contribution in [2.45, 2.75) is 24.8 Å². The van der Waals surface area contributed by atoms with Gasteiger partial charge in [-0.3, -0.25) is 9.69 Å². The highest BCUT2D eigenvalue weighted by Gasteiger charge is 2.48. The Kier molecular flexibility index (Phi) is 3.22. The molecule has 3 aromatic rings. The number of likely N-dealkylation sites (tertiary alicyclic amines) is 1. The molecule has 1 atom stereocenters. The van der Waals surface area contributed by atoms with E-state index in [9.17, 15) is 4.79 Å². The number of nitrogens with one attached hydrogen (secondary N) is 2. The summed E-state index contributed by atoms with van der Waals surface area (Å²) >= 11 is 0. The number of hydrogen-bond donors (Lipinski definition) is 2. The van der Waals surface area contributed by atoms with Crippen molar-refractivity contribution >= 4 is 22.5 Å². The molecule has 1 amide bonds. The number of H-pyrrole nitrogens is 1. The molecule has 2 aliphatic rings. The van der Waals surface area contributed by atoms with Gasteiger partial charge in [-0.05, 0) is 48.5 Å². The molecule has 1 fully saturated rings. The van der Waals surface area contributed by atoms with Crippen LogP contribution in [0.15, 0.2) is 54.6 Å². The smallest absolute Gasteiger partial charge is 0.236 e. The first-order valence-corrected chi connectivity index (χ1v) is 8.95. The normalized spacial score (nSPS) is 23.1. The Balaban J connectivity index is 1.44. The summed E-state index contributed by atoms with van der Waals surface area (Å²) in [5.74, 6) is 0.162. The number of amides is 1. The van der Waals surface area contributed by atoms with Gasteiger partial charge in [0.25, 0.3) is 0 Å². The molecule has 2 aromatic carbocycles. The van der Waals surface area contributed by atoms with Gasteiger partial charge in [0.2, 0.25) is 5.91 Å². The van der Waals surface area contributed by atoms with Crippen molar-refractivity contribution in [1.29, 1.82) is 0 Å². The molecule has 0 saturated carbocycles. The van der Waals surface area contributed by atoms with Crippen molar-refractivity contribution in [3.05, 3.63) is 65.9 Å². The number of carbonyl (C=O) groups excluding carboxylic acids is 1. The second-order valence-electron chi connectivity index (χ2n) is 7.28. The average molecular weight is 331 g/mol. The van der Waals surface area contributed by atoms with Crippen LogP contribution in [0.1, 0.15) is 24.1 Å². The topological polar surface area (TPSA) is 48.1 Å². The molecular formula is C21H21N3O. The fraction of sp³-hybridized carbons (Fsp3) is 0.286. The predicted molar refractivity (Wildman–Crippen MR) is 99.6 cm³/mol. The second kappa shape index (κ2) is 5.46. The minimum atomic E-state index is -0.388. The summed E-state index contributed by atoms with van der Waals surface area (Å²) in [5.41, 5.74) is 4.15. The number of fused-ring (bicyclic) bond motifs is 3. The minimum Gasteiger partial charge on any atom is -0.357 e. The SMILES string of the molecule is O=C1Nc2ccccc2[C@@]12CCCN(Cc1cc3ccccc3[nH]1)C2. The first-order valence-electron chi connectivity index (χ1n) is 8.95. The molecule has 4 nitrogen and oxygen atoms in total. The Bertz CT molecular complexity index is 927. The highest BCUT2D eigenvalue weighted by Crippen LogP contribution is 2.43. The van der Waals surface area contributed by atoms with Crippen LogP contribution in [0, 0.1) is 0 Å². The highest BCUT2D eigenvalue weighted by atomic mass is 16.2. The third kappa shape index (κ3) is 2.29. The molecule has 1 saturated heterocycles. The molecule has 5 rings (SSSR count). The Morgan fingerprint density at radius 2 is 1.92 bits per heavy atom. The summed E-state index contributed by atoms with van der Waals surface area (Å²) in [6.07, 6.45) is 1.97. The standard InChI is InChI=1S/C21H21N3O/c25-20-21(17-7-2-4-9-19(17)23-20)10-5-11-24(14-21)13-16-12-15-6-1-3-8-18(15)22-16/h1-4,6-9,12,22H,5,10-11,13-14H2,(H,23,25)/t21-/m0/s1. The van der Waals surface area contributed by atoms with E-state index < -0.39 is 0 Å². The number of aromatic amines is 1. The van der Waals surface area contributed by atoms with Gasteiger partial charge in [-0.2, -0.15) is 0 Å². The predicted octanol–water partition coefficient (Wildman–Crippen LogP) is 3.65. The average Bonchev–Trinajstić information content (AvgIpc) is 3.14. The van der Waals surface area contributed by atoms with Gasteiger partial charge in [-0.25, -0.2) is 0 Å². The number of piperidine rings is 1. The van der Waals surface area contributed by atoms with Gasteiger partial charge in [0.05, 0.1) is 5.41 Å². The van der Waals surface area contributed by atoms with Gasteiger partial charge in [0.15, 0.2) is 0 Å². The third-order valence-corrected chi connectivity index (χ3v) is 5.68. The molecule has 126 valence electrons. The lowest BCUT2D eigenvalue weighted by Crippen LogP contribution is -2.49. The molecule has 0 unspecified atom stereocenters. The molecule has 25 heavy (non-hydrogen) atoms. The van der Waals surface area contributed by atoms with Crippen LogP contribution in [0.25, 0.3) is 10.9 Å². The molecule has 2 aliphatic heterocycles. The van der Waals surface area contributed by atoms with E-state index in [2.05, 4.69) is 51.6 Å². The lowest BCUT2D eigenvalue weighted by molar-refractivity contribution is -0.122. The van der Waals surface area contributed by atoms with E-state index in [0.29, 0.717) is 0 Å². The Labute approximate surface area is 146 Å².